The van der Waals surface area contributed by atoms with Crippen molar-refractivity contribution in [2.45, 2.75) is 70.1 Å². The first kappa shape index (κ1) is 27.0. The molecular weight excluding hydrogens is 503 g/mol. The molecule has 8 nitrogen and oxygen atoms in total. The van der Waals surface area contributed by atoms with Gasteiger partial charge in [0.25, 0.3) is 0 Å². The summed E-state index contributed by atoms with van der Waals surface area (Å²) in [5.74, 6) is 0.875. The minimum Gasteiger partial charge on any atom is -0.364 e. The van der Waals surface area contributed by atoms with Crippen LogP contribution in [0.1, 0.15) is 50.7 Å². The van der Waals surface area contributed by atoms with Crippen LogP contribution in [0.2, 0.25) is 5.02 Å². The Morgan fingerprint density at radius 3 is 2.53 bits per heavy atom. The van der Waals surface area contributed by atoms with E-state index in [1.165, 1.54) is 17.4 Å². The van der Waals surface area contributed by atoms with Crippen molar-refractivity contribution in [3.63, 3.8) is 0 Å². The summed E-state index contributed by atoms with van der Waals surface area (Å²) in [5.41, 5.74) is 2.18. The maximum Gasteiger partial charge on any atom is 0.229 e. The van der Waals surface area contributed by atoms with Gasteiger partial charge in [-0.1, -0.05) is 30.5 Å². The number of hydrogen-bond donors (Lipinski definition) is 3. The Kier molecular flexibility index (Phi) is 8.38. The van der Waals surface area contributed by atoms with Crippen molar-refractivity contribution in [1.82, 2.24) is 19.6 Å². The van der Waals surface area contributed by atoms with Gasteiger partial charge in [0.1, 0.15) is 10.7 Å². The van der Waals surface area contributed by atoms with Gasteiger partial charge >= 0.3 is 0 Å². The molecule has 0 bridgehead atoms. The van der Waals surface area contributed by atoms with Crippen molar-refractivity contribution in [2.75, 3.05) is 36.5 Å². The highest BCUT2D eigenvalue weighted by Gasteiger charge is 2.28. The van der Waals surface area contributed by atoms with Crippen LogP contribution in [-0.4, -0.2) is 66.9 Å². The highest BCUT2D eigenvalue weighted by atomic mass is 35.5. The fourth-order valence-electron chi connectivity index (χ4n) is 5.09. The number of anilines is 3. The van der Waals surface area contributed by atoms with Gasteiger partial charge in [0, 0.05) is 37.4 Å². The van der Waals surface area contributed by atoms with E-state index in [2.05, 4.69) is 42.4 Å². The van der Waals surface area contributed by atoms with Gasteiger partial charge in [-0.15, -0.1) is 0 Å². The lowest BCUT2D eigenvalue weighted by Gasteiger charge is -2.32. The lowest BCUT2D eigenvalue weighted by atomic mass is 9.91. The summed E-state index contributed by atoms with van der Waals surface area (Å²) >= 11 is 6.39. The average molecular weight is 539 g/mol. The molecule has 2 aromatic rings. The first-order chi connectivity index (χ1) is 16.9. The number of benzene rings is 1. The molecule has 2 atom stereocenters. The number of rotatable bonds is 8. The fraction of sp³-hybridized carbons (Fsp3) is 0.600. The topological polar surface area (TPSA) is 99.2 Å². The summed E-state index contributed by atoms with van der Waals surface area (Å²) in [6, 6.07) is 5.89. The van der Waals surface area contributed by atoms with Crippen LogP contribution in [0.15, 0.2) is 24.4 Å². The molecule has 1 fully saturated rings. The smallest absolute Gasteiger partial charge is 0.229 e. The lowest BCUT2D eigenvalue weighted by molar-refractivity contribution is 0.129. The molecule has 36 heavy (non-hydrogen) atoms. The van der Waals surface area contributed by atoms with E-state index < -0.39 is 15.7 Å². The molecule has 0 spiro atoms. The Labute approximate surface area is 218 Å². The van der Waals surface area contributed by atoms with Gasteiger partial charge in [0.05, 0.1) is 12.5 Å². The SMILES string of the molecule is CC(C)(F)CN1CCc2ccc(Nc3ncc(Cl)c(N[C@@H]4CCCC[C@H]4NS(C)(=O)=O)n3)cc2CC1. The number of fused-ring (bicyclic) bond motifs is 1. The third-order valence-corrected chi connectivity index (χ3v) is 7.66. The fourth-order valence-corrected chi connectivity index (χ4v) is 6.07. The Hall–Kier alpha value is -2.01. The van der Waals surface area contributed by atoms with Crippen molar-refractivity contribution in [1.29, 1.82) is 0 Å². The highest BCUT2D eigenvalue weighted by molar-refractivity contribution is 7.88. The predicted octanol–water partition coefficient (Wildman–Crippen LogP) is 4.29. The van der Waals surface area contributed by atoms with E-state index in [9.17, 15) is 12.8 Å². The molecule has 1 aliphatic carbocycles. The molecule has 0 amide bonds. The van der Waals surface area contributed by atoms with Gasteiger partial charge in [-0.25, -0.2) is 22.5 Å². The molecule has 1 saturated carbocycles. The standard InChI is InChI=1S/C25H36ClFN6O2S/c1-25(2,27)16-33-12-10-17-8-9-19(14-18(17)11-13-33)29-24-28-15-20(26)23(31-24)30-21-6-4-5-7-22(21)32-36(3,34)35/h8-9,14-15,21-22,32H,4-7,10-13,16H2,1-3H3,(H2,28,29,30,31)/t21-,22-/m1/s1. The van der Waals surface area contributed by atoms with E-state index in [0.29, 0.717) is 23.3 Å². The summed E-state index contributed by atoms with van der Waals surface area (Å²) in [4.78, 5) is 11.1. The van der Waals surface area contributed by atoms with E-state index in [1.807, 2.05) is 6.07 Å². The molecule has 0 radical (unpaired) electrons. The summed E-state index contributed by atoms with van der Waals surface area (Å²) in [6.07, 6.45) is 8.01. The Morgan fingerprint density at radius 1 is 1.14 bits per heavy atom. The zero-order valence-corrected chi connectivity index (χ0v) is 22.7. The van der Waals surface area contributed by atoms with Gasteiger partial charge in [0.2, 0.25) is 16.0 Å². The van der Waals surface area contributed by atoms with Gasteiger partial charge in [-0.2, -0.15) is 4.98 Å². The van der Waals surface area contributed by atoms with Crippen molar-refractivity contribution in [2.24, 2.45) is 0 Å². The lowest BCUT2D eigenvalue weighted by Crippen LogP contribution is -2.48. The molecule has 1 aromatic carbocycles. The molecule has 4 rings (SSSR count). The molecule has 1 aromatic heterocycles. The van der Waals surface area contributed by atoms with Crippen LogP contribution in [0.25, 0.3) is 0 Å². The third kappa shape index (κ3) is 7.74. The second-order valence-electron chi connectivity index (χ2n) is 10.5. The molecule has 0 saturated heterocycles. The van der Waals surface area contributed by atoms with E-state index in [-0.39, 0.29) is 12.1 Å². The molecule has 11 heteroatoms. The molecular formula is C25H36ClFN6O2S. The quantitative estimate of drug-likeness (QED) is 0.461. The van der Waals surface area contributed by atoms with Gasteiger partial charge in [-0.3, -0.25) is 4.90 Å². The van der Waals surface area contributed by atoms with Crippen LogP contribution >= 0.6 is 11.6 Å². The van der Waals surface area contributed by atoms with Crippen molar-refractivity contribution in [3.8, 4) is 0 Å². The van der Waals surface area contributed by atoms with Crippen LogP contribution in [0.3, 0.4) is 0 Å². The maximum atomic E-state index is 14.1. The minimum atomic E-state index is -3.32. The number of halogens is 2. The van der Waals surface area contributed by atoms with Crippen LogP contribution < -0.4 is 15.4 Å². The zero-order valence-electron chi connectivity index (χ0n) is 21.2. The first-order valence-electron chi connectivity index (χ1n) is 12.5. The van der Waals surface area contributed by atoms with Crippen LogP contribution in [0.5, 0.6) is 0 Å². The molecule has 198 valence electrons. The van der Waals surface area contributed by atoms with Gasteiger partial charge in [0.15, 0.2) is 5.82 Å². The number of sulfonamides is 1. The van der Waals surface area contributed by atoms with Crippen molar-refractivity contribution < 1.29 is 12.8 Å². The normalized spacial score (nSPS) is 21.5. The summed E-state index contributed by atoms with van der Waals surface area (Å²) in [7, 11) is -3.32. The Balaban J connectivity index is 1.45. The van der Waals surface area contributed by atoms with Crippen LogP contribution in [-0.2, 0) is 22.9 Å². The summed E-state index contributed by atoms with van der Waals surface area (Å²) in [5, 5.41) is 6.99. The van der Waals surface area contributed by atoms with Crippen LogP contribution in [0, 0.1) is 0 Å². The molecule has 3 N–H and O–H groups in total. The van der Waals surface area contributed by atoms with Crippen molar-refractivity contribution >= 4 is 39.1 Å². The molecule has 1 aliphatic heterocycles. The number of nitrogens with one attached hydrogen (secondary N) is 3. The van der Waals surface area contributed by atoms with Crippen molar-refractivity contribution in [3.05, 3.63) is 40.5 Å². The number of nitrogens with zero attached hydrogens (tertiary/aromatic N) is 3. The zero-order chi connectivity index (χ0) is 25.9. The molecule has 2 aliphatic rings. The largest absolute Gasteiger partial charge is 0.364 e. The maximum absolute atomic E-state index is 14.1. The van der Waals surface area contributed by atoms with E-state index in [4.69, 9.17) is 11.6 Å². The van der Waals surface area contributed by atoms with E-state index in [1.54, 1.807) is 20.0 Å². The number of aromatic nitrogens is 2. The highest BCUT2D eigenvalue weighted by Crippen LogP contribution is 2.28. The van der Waals surface area contributed by atoms with Gasteiger partial charge < -0.3 is 10.6 Å². The second-order valence-corrected chi connectivity index (χ2v) is 12.7. The predicted molar refractivity (Wildman–Crippen MR) is 143 cm³/mol. The Morgan fingerprint density at radius 2 is 1.83 bits per heavy atom. The summed E-state index contributed by atoms with van der Waals surface area (Å²) in [6.45, 7) is 5.35. The monoisotopic (exact) mass is 538 g/mol. The van der Waals surface area contributed by atoms with E-state index in [0.717, 1.165) is 57.3 Å². The minimum absolute atomic E-state index is 0.113. The Bertz CT molecular complexity index is 1170. The average Bonchev–Trinajstić information content (AvgIpc) is 2.97. The third-order valence-electron chi connectivity index (χ3n) is 6.65. The molecule has 0 unspecified atom stereocenters. The first-order valence-corrected chi connectivity index (χ1v) is 14.8. The van der Waals surface area contributed by atoms with Crippen LogP contribution in [0.4, 0.5) is 21.8 Å². The van der Waals surface area contributed by atoms with Gasteiger partial charge in [-0.05, 0) is 62.8 Å². The number of hydrogen-bond acceptors (Lipinski definition) is 7. The molecule has 2 heterocycles. The number of alkyl halides is 1. The van der Waals surface area contributed by atoms with E-state index >= 15 is 0 Å². The second kappa shape index (κ2) is 11.2. The summed E-state index contributed by atoms with van der Waals surface area (Å²) < 4.78 is 40.5.